The molecule has 3 heteroatoms. The molecule has 1 unspecified atom stereocenters. The van der Waals surface area contributed by atoms with Crippen molar-refractivity contribution in [2.75, 3.05) is 27.2 Å². The van der Waals surface area contributed by atoms with Gasteiger partial charge in [0.1, 0.15) is 0 Å². The van der Waals surface area contributed by atoms with Gasteiger partial charge in [0.05, 0.1) is 0 Å². The highest BCUT2D eigenvalue weighted by Crippen LogP contribution is 2.21. The number of hydrogen-bond donors (Lipinski definition) is 0. The lowest BCUT2D eigenvalue weighted by atomic mass is 10.4. The fraction of sp³-hybridized carbons (Fsp3) is 0.625. The molecule has 0 aliphatic carbocycles. The molecule has 0 fully saturated rings. The van der Waals surface area contributed by atoms with Gasteiger partial charge in [0, 0.05) is 0 Å². The van der Waals surface area contributed by atoms with Gasteiger partial charge in [-0.15, -0.1) is 0 Å². The molecular weight excluding hydrogens is 248 g/mol. The van der Waals surface area contributed by atoms with Crippen LogP contribution in [0.4, 0.5) is 0 Å². The van der Waals surface area contributed by atoms with Crippen molar-refractivity contribution < 1.29 is 0 Å². The summed E-state index contributed by atoms with van der Waals surface area (Å²) in [6, 6.07) is 12.5. The second-order valence-electron chi connectivity index (χ2n) is 5.35. The van der Waals surface area contributed by atoms with E-state index in [0.717, 1.165) is 13.1 Å². The molecule has 19 heavy (non-hydrogen) atoms. The van der Waals surface area contributed by atoms with Crippen LogP contribution < -0.4 is 5.19 Å². The van der Waals surface area contributed by atoms with Gasteiger partial charge in [-0.25, -0.2) is 0 Å². The summed E-state index contributed by atoms with van der Waals surface area (Å²) in [5.74, 6) is 0. The molecule has 0 aromatic heterocycles. The van der Waals surface area contributed by atoms with Crippen LogP contribution in [0.5, 0.6) is 0 Å². The van der Waals surface area contributed by atoms with Crippen molar-refractivity contribution in [3.8, 4) is 0 Å². The summed E-state index contributed by atoms with van der Waals surface area (Å²) in [4.78, 5) is 0. The topological polar surface area (TPSA) is 6.48 Å². The fourth-order valence-electron chi connectivity index (χ4n) is 3.12. The highest BCUT2D eigenvalue weighted by atomic mass is 28.3. The molecule has 0 bridgehead atoms. The molecule has 0 radical (unpaired) electrons. The van der Waals surface area contributed by atoms with Crippen molar-refractivity contribution in [1.29, 1.82) is 0 Å². The monoisotopic (exact) mass is 278 g/mol. The largest absolute Gasteiger partial charge is 0.314 e. The fourth-order valence-corrected chi connectivity index (χ4v) is 8.24. The van der Waals surface area contributed by atoms with Crippen LogP contribution in [0.15, 0.2) is 30.3 Å². The van der Waals surface area contributed by atoms with Crippen molar-refractivity contribution in [1.82, 2.24) is 9.13 Å². The summed E-state index contributed by atoms with van der Waals surface area (Å²) in [6.45, 7) is 9.16. The van der Waals surface area contributed by atoms with Crippen LogP contribution in [0.3, 0.4) is 0 Å². The van der Waals surface area contributed by atoms with E-state index < -0.39 is 8.40 Å². The molecule has 1 atom stereocenters. The summed E-state index contributed by atoms with van der Waals surface area (Å²) >= 11 is 0. The zero-order valence-electron chi connectivity index (χ0n) is 13.3. The second kappa shape index (κ2) is 7.83. The van der Waals surface area contributed by atoms with Gasteiger partial charge in [-0.1, -0.05) is 63.9 Å². The summed E-state index contributed by atoms with van der Waals surface area (Å²) in [5, 5.41) is 1.55. The SMILES string of the molecule is CCCC[Si](c1ccccc1)(N(C)C)N(CC)CC. The third kappa shape index (κ3) is 3.47. The summed E-state index contributed by atoms with van der Waals surface area (Å²) in [5.41, 5.74) is 0. The van der Waals surface area contributed by atoms with Crippen molar-refractivity contribution in [3.63, 3.8) is 0 Å². The molecule has 0 aliphatic rings. The number of rotatable bonds is 8. The van der Waals surface area contributed by atoms with Crippen LogP contribution in [0.2, 0.25) is 6.04 Å². The first-order chi connectivity index (χ1) is 9.13. The van der Waals surface area contributed by atoms with E-state index in [2.05, 4.69) is 74.3 Å². The first kappa shape index (κ1) is 16.4. The van der Waals surface area contributed by atoms with E-state index in [0.29, 0.717) is 0 Å². The van der Waals surface area contributed by atoms with Crippen molar-refractivity contribution in [3.05, 3.63) is 30.3 Å². The van der Waals surface area contributed by atoms with E-state index in [4.69, 9.17) is 0 Å². The van der Waals surface area contributed by atoms with Crippen LogP contribution in [-0.2, 0) is 0 Å². The maximum Gasteiger partial charge on any atom is 0.239 e. The van der Waals surface area contributed by atoms with Crippen LogP contribution in [0.1, 0.15) is 33.6 Å². The second-order valence-corrected chi connectivity index (χ2v) is 9.59. The van der Waals surface area contributed by atoms with Gasteiger partial charge in [0.25, 0.3) is 0 Å². The number of unbranched alkanes of at least 4 members (excludes halogenated alkanes) is 1. The zero-order valence-corrected chi connectivity index (χ0v) is 14.3. The Balaban J connectivity index is 3.26. The normalized spacial score (nSPS) is 14.9. The Kier molecular flexibility index (Phi) is 6.76. The zero-order chi connectivity index (χ0) is 14.3. The van der Waals surface area contributed by atoms with Crippen molar-refractivity contribution in [2.24, 2.45) is 0 Å². The van der Waals surface area contributed by atoms with Crippen LogP contribution in [0.25, 0.3) is 0 Å². The van der Waals surface area contributed by atoms with E-state index in [1.807, 2.05) is 0 Å². The molecule has 0 heterocycles. The van der Waals surface area contributed by atoms with Crippen LogP contribution in [-0.4, -0.2) is 44.7 Å². The smallest absolute Gasteiger partial charge is 0.239 e. The molecule has 0 aliphatic heterocycles. The Labute approximate surface area is 120 Å². The molecule has 1 aromatic rings. The van der Waals surface area contributed by atoms with E-state index in [1.165, 1.54) is 18.9 Å². The van der Waals surface area contributed by atoms with Crippen molar-refractivity contribution >= 4 is 13.6 Å². The van der Waals surface area contributed by atoms with Gasteiger partial charge in [-0.05, 0) is 38.4 Å². The van der Waals surface area contributed by atoms with E-state index in [1.54, 1.807) is 5.19 Å². The highest BCUT2D eigenvalue weighted by Gasteiger charge is 2.42. The standard InChI is InChI=1S/C16H30N2Si/c1-6-9-15-19(17(4)5,18(7-2)8-3)16-13-11-10-12-14-16/h10-14H,6-9,15H2,1-5H3. The summed E-state index contributed by atoms with van der Waals surface area (Å²) in [7, 11) is 2.81. The minimum absolute atomic E-state index is 1.14. The highest BCUT2D eigenvalue weighted by molar-refractivity contribution is 6.87. The first-order valence-electron chi connectivity index (χ1n) is 7.61. The minimum atomic E-state index is -1.73. The van der Waals surface area contributed by atoms with Gasteiger partial charge in [0.15, 0.2) is 0 Å². The lowest BCUT2D eigenvalue weighted by Crippen LogP contribution is -2.70. The summed E-state index contributed by atoms with van der Waals surface area (Å²) < 4.78 is 5.25. The quantitative estimate of drug-likeness (QED) is 0.674. The van der Waals surface area contributed by atoms with E-state index in [-0.39, 0.29) is 0 Å². The van der Waals surface area contributed by atoms with Gasteiger partial charge in [-0.3, -0.25) is 0 Å². The third-order valence-corrected chi connectivity index (χ3v) is 9.61. The predicted molar refractivity (Wildman–Crippen MR) is 88.2 cm³/mol. The predicted octanol–water partition coefficient (Wildman–Crippen LogP) is 3.04. The average Bonchev–Trinajstić information content (AvgIpc) is 2.44. The molecular formula is C16H30N2Si. The average molecular weight is 279 g/mol. The summed E-state index contributed by atoms with van der Waals surface area (Å²) in [6.07, 6.45) is 2.59. The van der Waals surface area contributed by atoms with Crippen molar-refractivity contribution in [2.45, 2.75) is 39.7 Å². The minimum Gasteiger partial charge on any atom is -0.314 e. The maximum absolute atomic E-state index is 2.72. The molecule has 0 amide bonds. The Morgan fingerprint density at radius 3 is 1.95 bits per heavy atom. The number of hydrogen-bond acceptors (Lipinski definition) is 2. The van der Waals surface area contributed by atoms with E-state index in [9.17, 15) is 0 Å². The first-order valence-corrected chi connectivity index (χ1v) is 9.71. The Bertz CT molecular complexity index is 349. The molecule has 0 spiro atoms. The molecule has 2 nitrogen and oxygen atoms in total. The lowest BCUT2D eigenvalue weighted by Gasteiger charge is -2.46. The molecule has 1 aromatic carbocycles. The van der Waals surface area contributed by atoms with Gasteiger partial charge in [-0.2, -0.15) is 0 Å². The number of benzene rings is 1. The van der Waals surface area contributed by atoms with Crippen LogP contribution >= 0.6 is 0 Å². The van der Waals surface area contributed by atoms with Gasteiger partial charge >= 0.3 is 0 Å². The van der Waals surface area contributed by atoms with E-state index >= 15 is 0 Å². The third-order valence-electron chi connectivity index (χ3n) is 4.14. The molecule has 0 saturated heterocycles. The molecule has 0 saturated carbocycles. The maximum atomic E-state index is 2.72. The molecule has 108 valence electrons. The molecule has 1 rings (SSSR count). The van der Waals surface area contributed by atoms with Crippen LogP contribution in [0, 0.1) is 0 Å². The Morgan fingerprint density at radius 2 is 1.53 bits per heavy atom. The Morgan fingerprint density at radius 1 is 0.947 bits per heavy atom. The van der Waals surface area contributed by atoms with Gasteiger partial charge < -0.3 is 9.13 Å². The lowest BCUT2D eigenvalue weighted by molar-refractivity contribution is 0.404. The molecule has 0 N–H and O–H groups in total. The number of nitrogens with zero attached hydrogens (tertiary/aromatic N) is 2. The van der Waals surface area contributed by atoms with Gasteiger partial charge in [0.2, 0.25) is 8.40 Å². The Hall–Kier alpha value is -0.643.